The van der Waals surface area contributed by atoms with Crippen LogP contribution in [-0.4, -0.2) is 34.2 Å². The Bertz CT molecular complexity index is 738. The van der Waals surface area contributed by atoms with Crippen molar-refractivity contribution in [3.05, 3.63) is 53.6 Å². The van der Waals surface area contributed by atoms with Crippen molar-refractivity contribution in [3.8, 4) is 17.6 Å². The van der Waals surface area contributed by atoms with Crippen LogP contribution in [0.5, 0.6) is 11.5 Å². The molecule has 0 N–H and O–H groups in total. The molecule has 2 aromatic rings. The van der Waals surface area contributed by atoms with Gasteiger partial charge in [0.05, 0.1) is 31.5 Å². The number of nitriles is 1. The van der Waals surface area contributed by atoms with Crippen molar-refractivity contribution in [1.29, 1.82) is 5.26 Å². The van der Waals surface area contributed by atoms with Gasteiger partial charge in [-0.05, 0) is 47.4 Å². The fourth-order valence-corrected chi connectivity index (χ4v) is 2.51. The van der Waals surface area contributed by atoms with Gasteiger partial charge in [0.1, 0.15) is 18.3 Å². The number of hydrogen-bond acceptors (Lipinski definition) is 6. The Morgan fingerprint density at radius 3 is 2.48 bits per heavy atom. The van der Waals surface area contributed by atoms with Gasteiger partial charge >= 0.3 is 7.12 Å². The summed E-state index contributed by atoms with van der Waals surface area (Å²) in [5, 5.41) is 8.85. The molecule has 3 rings (SSSR count). The molecule has 7 heteroatoms. The molecule has 1 fully saturated rings. The van der Waals surface area contributed by atoms with Crippen molar-refractivity contribution >= 4 is 12.6 Å². The summed E-state index contributed by atoms with van der Waals surface area (Å²) >= 11 is 0. The van der Waals surface area contributed by atoms with Crippen LogP contribution < -0.4 is 10.2 Å². The first kappa shape index (κ1) is 17.5. The van der Waals surface area contributed by atoms with Crippen LogP contribution >= 0.6 is 0 Å². The Balaban J connectivity index is 1.79. The van der Waals surface area contributed by atoms with Crippen LogP contribution in [0.2, 0.25) is 0 Å². The van der Waals surface area contributed by atoms with Gasteiger partial charge in [-0.15, -0.1) is 0 Å². The van der Waals surface area contributed by atoms with Crippen molar-refractivity contribution in [2.45, 2.75) is 6.61 Å². The van der Waals surface area contributed by atoms with E-state index >= 15 is 0 Å². The zero-order chi connectivity index (χ0) is 17.5. The highest BCUT2D eigenvalue weighted by Gasteiger charge is 2.28. The summed E-state index contributed by atoms with van der Waals surface area (Å²) in [6.07, 6.45) is 0. The molecule has 1 aliphatic heterocycles. The minimum Gasteiger partial charge on any atom is -0.457 e. The van der Waals surface area contributed by atoms with E-state index in [1.54, 1.807) is 31.4 Å². The third kappa shape index (κ3) is 4.59. The number of methoxy groups -OCH3 is 1. The van der Waals surface area contributed by atoms with Gasteiger partial charge in [-0.2, -0.15) is 5.26 Å². The van der Waals surface area contributed by atoms with E-state index in [4.69, 9.17) is 28.8 Å². The van der Waals surface area contributed by atoms with E-state index in [-0.39, 0.29) is 13.9 Å². The molecule has 0 amide bonds. The molecule has 1 saturated heterocycles. The number of benzene rings is 2. The molecule has 0 atom stereocenters. The average molecular weight is 339 g/mol. The smallest absolute Gasteiger partial charge is 0.457 e. The van der Waals surface area contributed by atoms with E-state index in [1.807, 2.05) is 18.2 Å². The minimum atomic E-state index is -0.384. The summed E-state index contributed by atoms with van der Waals surface area (Å²) in [7, 11) is 1.19. The summed E-state index contributed by atoms with van der Waals surface area (Å²) in [4.78, 5) is 0. The van der Waals surface area contributed by atoms with Gasteiger partial charge in [0, 0.05) is 7.11 Å². The molecule has 0 aliphatic carbocycles. The van der Waals surface area contributed by atoms with Crippen LogP contribution in [0, 0.1) is 11.3 Å². The number of hydrogen-bond donors (Lipinski definition) is 0. The molecule has 0 bridgehead atoms. The average Bonchev–Trinajstić information content (AvgIpc) is 3.17. The Morgan fingerprint density at radius 2 is 1.80 bits per heavy atom. The van der Waals surface area contributed by atoms with Crippen LogP contribution in [0.4, 0.5) is 0 Å². The second-order valence-corrected chi connectivity index (χ2v) is 5.43. The Morgan fingerprint density at radius 1 is 1.08 bits per heavy atom. The summed E-state index contributed by atoms with van der Waals surface area (Å²) in [5.74, 6) is 1.33. The molecule has 6 nitrogen and oxygen atoms in total. The molecule has 0 aromatic heterocycles. The zero-order valence-electron chi connectivity index (χ0n) is 13.9. The van der Waals surface area contributed by atoms with Crippen molar-refractivity contribution in [3.63, 3.8) is 0 Å². The lowest BCUT2D eigenvalue weighted by atomic mass is 9.76. The first-order valence-corrected chi connectivity index (χ1v) is 7.91. The van der Waals surface area contributed by atoms with Gasteiger partial charge in [-0.1, -0.05) is 6.07 Å². The van der Waals surface area contributed by atoms with Crippen LogP contribution in [0.25, 0.3) is 0 Å². The third-order valence-corrected chi connectivity index (χ3v) is 3.67. The van der Waals surface area contributed by atoms with E-state index in [0.29, 0.717) is 36.9 Å². The molecule has 0 spiro atoms. The van der Waals surface area contributed by atoms with E-state index in [0.717, 1.165) is 11.0 Å². The quantitative estimate of drug-likeness (QED) is 0.438. The summed E-state index contributed by atoms with van der Waals surface area (Å²) in [6.45, 7) is 1.71. The molecule has 0 unspecified atom stereocenters. The third-order valence-electron chi connectivity index (χ3n) is 3.67. The Hall–Kier alpha value is -2.37. The minimum absolute atomic E-state index is 0.201. The first-order chi connectivity index (χ1) is 12.3. The topological polar surface area (TPSA) is 69.9 Å². The van der Waals surface area contributed by atoms with E-state index in [1.165, 1.54) is 0 Å². The lowest BCUT2D eigenvalue weighted by Gasteiger charge is -2.14. The molecule has 25 heavy (non-hydrogen) atoms. The molecular weight excluding hydrogens is 321 g/mol. The van der Waals surface area contributed by atoms with Gasteiger partial charge in [0.25, 0.3) is 0 Å². The van der Waals surface area contributed by atoms with Crippen molar-refractivity contribution in [2.24, 2.45) is 0 Å². The van der Waals surface area contributed by atoms with Crippen molar-refractivity contribution < 1.29 is 23.5 Å². The molecule has 1 aliphatic rings. The lowest BCUT2D eigenvalue weighted by molar-refractivity contribution is -0.0389. The van der Waals surface area contributed by atoms with Gasteiger partial charge < -0.3 is 23.5 Å². The van der Waals surface area contributed by atoms with Gasteiger partial charge in [-0.25, -0.2) is 0 Å². The lowest BCUT2D eigenvalue weighted by Crippen LogP contribution is -2.34. The molecule has 128 valence electrons. The second-order valence-electron chi connectivity index (χ2n) is 5.43. The van der Waals surface area contributed by atoms with Gasteiger partial charge in [-0.3, -0.25) is 0 Å². The Labute approximate surface area is 147 Å². The molecule has 2 aromatic carbocycles. The standard InChI is InChI=1S/C18H18BNO5/c1-21-13-22-12-15-10-17(6-7-18(15)19-23-8-9-24-19)25-16-4-2-14(11-20)3-5-16/h2-7,10H,8-9,12-13H2,1H3. The second kappa shape index (κ2) is 8.65. The highest BCUT2D eigenvalue weighted by atomic mass is 16.7. The van der Waals surface area contributed by atoms with Gasteiger partial charge in [0.15, 0.2) is 0 Å². The predicted molar refractivity (Wildman–Crippen MR) is 91.6 cm³/mol. The van der Waals surface area contributed by atoms with Gasteiger partial charge in [0.2, 0.25) is 0 Å². The molecule has 1 heterocycles. The molecule has 0 saturated carbocycles. The van der Waals surface area contributed by atoms with Crippen molar-refractivity contribution in [2.75, 3.05) is 27.1 Å². The normalized spacial score (nSPS) is 13.7. The van der Waals surface area contributed by atoms with Crippen LogP contribution in [-0.2, 0) is 25.4 Å². The van der Waals surface area contributed by atoms with Crippen molar-refractivity contribution in [1.82, 2.24) is 0 Å². The maximum atomic E-state index is 8.85. The SMILES string of the molecule is COCOCc1cc(Oc2ccc(C#N)cc2)ccc1B1OCCO1. The number of ether oxygens (including phenoxy) is 3. The first-order valence-electron chi connectivity index (χ1n) is 7.91. The highest BCUT2D eigenvalue weighted by Crippen LogP contribution is 2.23. The molecular formula is C18H18BNO5. The van der Waals surface area contributed by atoms with E-state index in [9.17, 15) is 0 Å². The molecule has 0 radical (unpaired) electrons. The highest BCUT2D eigenvalue weighted by molar-refractivity contribution is 6.62. The summed E-state index contributed by atoms with van der Waals surface area (Å²) in [6, 6.07) is 14.7. The van der Waals surface area contributed by atoms with Crippen LogP contribution in [0.15, 0.2) is 42.5 Å². The maximum Gasteiger partial charge on any atom is 0.494 e. The largest absolute Gasteiger partial charge is 0.494 e. The van der Waals surface area contributed by atoms with E-state index in [2.05, 4.69) is 6.07 Å². The maximum absolute atomic E-state index is 8.85. The fourth-order valence-electron chi connectivity index (χ4n) is 2.51. The predicted octanol–water partition coefficient (Wildman–Crippen LogP) is 2.21. The number of rotatable bonds is 7. The van der Waals surface area contributed by atoms with Crippen LogP contribution in [0.1, 0.15) is 11.1 Å². The fraction of sp³-hybridized carbons (Fsp3) is 0.278. The van der Waals surface area contributed by atoms with E-state index < -0.39 is 0 Å². The summed E-state index contributed by atoms with van der Waals surface area (Å²) in [5.41, 5.74) is 2.42. The Kier molecular flexibility index (Phi) is 6.04. The van der Waals surface area contributed by atoms with Crippen LogP contribution in [0.3, 0.4) is 0 Å². The monoisotopic (exact) mass is 339 g/mol. The number of nitrogens with zero attached hydrogens (tertiary/aromatic N) is 1. The summed E-state index contributed by atoms with van der Waals surface area (Å²) < 4.78 is 27.5. The zero-order valence-corrected chi connectivity index (χ0v) is 13.9.